The Balaban J connectivity index is 1.52. The van der Waals surface area contributed by atoms with Crippen LogP contribution in [0.2, 0.25) is 0 Å². The van der Waals surface area contributed by atoms with Crippen LogP contribution in [0.1, 0.15) is 80.6 Å². The highest BCUT2D eigenvalue weighted by atomic mass is 16.7. The molecule has 11 atom stereocenters. The van der Waals surface area contributed by atoms with Crippen LogP contribution in [-0.4, -0.2) is 75.9 Å². The molecule has 0 aromatic carbocycles. The number of esters is 1. The summed E-state index contributed by atoms with van der Waals surface area (Å²) in [5, 5.41) is 34.3. The van der Waals surface area contributed by atoms with Crippen LogP contribution in [0, 0.1) is 23.7 Å². The Bertz CT molecular complexity index is 1240. The van der Waals surface area contributed by atoms with Crippen molar-refractivity contribution in [2.24, 2.45) is 23.7 Å². The molecule has 4 heterocycles. The number of carbonyl (C=O) groups is 1. The van der Waals surface area contributed by atoms with Gasteiger partial charge in [-0.25, -0.2) is 0 Å². The lowest BCUT2D eigenvalue weighted by molar-refractivity contribution is -0.342. The Labute approximate surface area is 262 Å². The first-order chi connectivity index (χ1) is 20.7. The maximum Gasteiger partial charge on any atom is 0.316 e. The molecule has 0 unspecified atom stereocenters. The van der Waals surface area contributed by atoms with Gasteiger partial charge in [0.2, 0.25) is 0 Å². The summed E-state index contributed by atoms with van der Waals surface area (Å²) in [6.07, 6.45) is 10.4. The summed E-state index contributed by atoms with van der Waals surface area (Å²) in [6.45, 7) is 14.4. The molecule has 0 aromatic rings. The van der Waals surface area contributed by atoms with E-state index in [0.29, 0.717) is 29.9 Å². The van der Waals surface area contributed by atoms with Crippen LogP contribution in [0.4, 0.5) is 0 Å². The second-order valence-corrected chi connectivity index (χ2v) is 14.4. The highest BCUT2D eigenvalue weighted by molar-refractivity contribution is 5.78. The zero-order valence-corrected chi connectivity index (χ0v) is 27.4. The van der Waals surface area contributed by atoms with E-state index in [1.54, 1.807) is 13.0 Å². The van der Waals surface area contributed by atoms with Crippen LogP contribution in [0.25, 0.3) is 0 Å². The van der Waals surface area contributed by atoms with Gasteiger partial charge < -0.3 is 34.3 Å². The minimum absolute atomic E-state index is 0.109. The third kappa shape index (κ3) is 6.58. The van der Waals surface area contributed by atoms with Crippen molar-refractivity contribution in [1.82, 2.24) is 0 Å². The van der Waals surface area contributed by atoms with Gasteiger partial charge in [-0.3, -0.25) is 4.79 Å². The van der Waals surface area contributed by atoms with Crippen LogP contribution < -0.4 is 0 Å². The molecular weight excluding hydrogens is 560 g/mol. The second kappa shape index (κ2) is 13.0. The summed E-state index contributed by atoms with van der Waals surface area (Å²) in [7, 11) is 0. The Morgan fingerprint density at radius 1 is 1.11 bits per heavy atom. The summed E-state index contributed by atoms with van der Waals surface area (Å²) in [4.78, 5) is 14.0. The van der Waals surface area contributed by atoms with Crippen LogP contribution in [-0.2, 0) is 23.7 Å². The predicted molar refractivity (Wildman–Crippen MR) is 167 cm³/mol. The van der Waals surface area contributed by atoms with Gasteiger partial charge in [0.25, 0.3) is 0 Å². The lowest BCUT2D eigenvalue weighted by atomic mass is 9.71. The Hall–Kier alpha value is -2.07. The summed E-state index contributed by atoms with van der Waals surface area (Å²) in [5.41, 5.74) is 1.64. The highest BCUT2D eigenvalue weighted by Crippen LogP contribution is 2.47. The van der Waals surface area contributed by atoms with Gasteiger partial charge >= 0.3 is 5.97 Å². The molecule has 0 aromatic heterocycles. The van der Waals surface area contributed by atoms with Crippen LogP contribution >= 0.6 is 0 Å². The molecular formula is C36H52O8. The standard InChI is InChI=1S/C36H52O8/c1-20(2)13-24(6)32-25(7)30(37)18-35(44-32)17-28-16-27(43-35)12-11-22(4)14-21(3)9-8-10-26-19-41-33-31(38)23(5)15-29(34(39)42-28)36(26,33)40/h8-11,13,15,20-21,25,27-33,37-38,40H,12,14,16-19H2,1-7H3/b9-8?,22-11-,24-13-,26-10?/t21-,25-,27+,28-,29-,30-,31+,32+,33+,35-,36+/m0/s1. The van der Waals surface area contributed by atoms with E-state index in [-0.39, 0.29) is 43.5 Å². The number of hydrogen-bond donors (Lipinski definition) is 3. The van der Waals surface area contributed by atoms with Gasteiger partial charge in [0, 0.05) is 25.2 Å². The average Bonchev–Trinajstić information content (AvgIpc) is 3.27. The molecule has 5 aliphatic rings. The number of aliphatic hydroxyl groups excluding tert-OH is 2. The van der Waals surface area contributed by atoms with Crippen molar-refractivity contribution in [3.8, 4) is 0 Å². The number of allylic oxidation sites excluding steroid dienone is 5. The van der Waals surface area contributed by atoms with Crippen molar-refractivity contribution in [2.75, 3.05) is 6.61 Å². The van der Waals surface area contributed by atoms with Crippen molar-refractivity contribution in [3.05, 3.63) is 58.7 Å². The molecule has 8 nitrogen and oxygen atoms in total. The molecule has 1 aliphatic carbocycles. The van der Waals surface area contributed by atoms with Gasteiger partial charge in [-0.15, -0.1) is 0 Å². The van der Waals surface area contributed by atoms with Crippen molar-refractivity contribution in [2.45, 2.75) is 129 Å². The Kier molecular flexibility index (Phi) is 9.82. The van der Waals surface area contributed by atoms with Gasteiger partial charge in [-0.2, -0.15) is 0 Å². The molecule has 5 rings (SSSR count). The van der Waals surface area contributed by atoms with Crippen molar-refractivity contribution >= 4 is 5.97 Å². The SMILES string of the molecule is CC1=C[C@H]2C(=O)O[C@H]3C[C@@H](C/C=C(/C)C[C@@H](C)C=CC=C4CO[C@H]([C@@H]1O)[C@@]42O)O[C@]1(C3)C[C@H](O)[C@H](C)[C@@H](/C(C)=C\C(C)C)O1. The summed E-state index contributed by atoms with van der Waals surface area (Å²) >= 11 is 0. The number of ether oxygens (including phenoxy) is 4. The van der Waals surface area contributed by atoms with Gasteiger partial charge in [0.15, 0.2) is 5.79 Å². The minimum atomic E-state index is -1.74. The molecule has 2 bridgehead atoms. The first-order valence-electron chi connectivity index (χ1n) is 16.4. The summed E-state index contributed by atoms with van der Waals surface area (Å²) in [5.74, 6) is -2.31. The van der Waals surface area contributed by atoms with Gasteiger partial charge in [0.1, 0.15) is 29.8 Å². The average molecular weight is 613 g/mol. The van der Waals surface area contributed by atoms with E-state index in [9.17, 15) is 20.1 Å². The molecule has 8 heteroatoms. The van der Waals surface area contributed by atoms with E-state index in [0.717, 1.165) is 12.0 Å². The molecule has 3 saturated heterocycles. The predicted octanol–water partition coefficient (Wildman–Crippen LogP) is 5.09. The maximum atomic E-state index is 14.0. The topological polar surface area (TPSA) is 115 Å². The molecule has 3 fully saturated rings. The fourth-order valence-electron chi connectivity index (χ4n) is 7.85. The van der Waals surface area contributed by atoms with E-state index >= 15 is 0 Å². The van der Waals surface area contributed by atoms with Crippen LogP contribution in [0.3, 0.4) is 0 Å². The summed E-state index contributed by atoms with van der Waals surface area (Å²) in [6, 6.07) is 0. The van der Waals surface area contributed by atoms with E-state index in [2.05, 4.69) is 45.9 Å². The number of hydrogen-bond acceptors (Lipinski definition) is 8. The molecule has 0 amide bonds. The van der Waals surface area contributed by atoms with E-state index in [4.69, 9.17) is 18.9 Å². The first-order valence-corrected chi connectivity index (χ1v) is 16.4. The fourth-order valence-corrected chi connectivity index (χ4v) is 7.85. The van der Waals surface area contributed by atoms with E-state index in [1.165, 1.54) is 5.57 Å². The lowest BCUT2D eigenvalue weighted by Gasteiger charge is -2.51. The quantitative estimate of drug-likeness (QED) is 0.292. The molecule has 3 N–H and O–H groups in total. The zero-order chi connectivity index (χ0) is 32.0. The van der Waals surface area contributed by atoms with Crippen LogP contribution in [0.15, 0.2) is 58.7 Å². The fraction of sp³-hybridized carbons (Fsp3) is 0.694. The Morgan fingerprint density at radius 3 is 2.59 bits per heavy atom. The molecule has 4 aliphatic heterocycles. The number of carbonyl (C=O) groups excluding carboxylic acids is 1. The van der Waals surface area contributed by atoms with E-state index < -0.39 is 47.7 Å². The minimum Gasteiger partial charge on any atom is -0.462 e. The normalized spacial score (nSPS) is 44.9. The van der Waals surface area contributed by atoms with Gasteiger partial charge in [-0.05, 0) is 62.2 Å². The smallest absolute Gasteiger partial charge is 0.316 e. The van der Waals surface area contributed by atoms with Crippen molar-refractivity contribution in [1.29, 1.82) is 0 Å². The number of aliphatic hydroxyl groups is 3. The molecule has 0 radical (unpaired) electrons. The van der Waals surface area contributed by atoms with Gasteiger partial charge in [0.05, 0.1) is 24.9 Å². The Morgan fingerprint density at radius 2 is 1.86 bits per heavy atom. The zero-order valence-electron chi connectivity index (χ0n) is 27.4. The lowest BCUT2D eigenvalue weighted by Crippen LogP contribution is -2.59. The first kappa shape index (κ1) is 33.3. The third-order valence-corrected chi connectivity index (χ3v) is 10.1. The van der Waals surface area contributed by atoms with Crippen molar-refractivity contribution in [3.63, 3.8) is 0 Å². The highest BCUT2D eigenvalue weighted by Gasteiger charge is 2.60. The molecule has 1 spiro atoms. The maximum absolute atomic E-state index is 14.0. The van der Waals surface area contributed by atoms with Crippen LogP contribution in [0.5, 0.6) is 0 Å². The summed E-state index contributed by atoms with van der Waals surface area (Å²) < 4.78 is 25.7. The molecule has 0 saturated carbocycles. The van der Waals surface area contributed by atoms with Crippen molar-refractivity contribution < 1.29 is 39.1 Å². The second-order valence-electron chi connectivity index (χ2n) is 14.4. The largest absolute Gasteiger partial charge is 0.462 e. The molecule has 244 valence electrons. The van der Waals surface area contributed by atoms with Gasteiger partial charge in [-0.1, -0.05) is 69.7 Å². The third-order valence-electron chi connectivity index (χ3n) is 10.1. The molecule has 44 heavy (non-hydrogen) atoms. The monoisotopic (exact) mass is 612 g/mol. The van der Waals surface area contributed by atoms with E-state index in [1.807, 2.05) is 26.0 Å². The number of fused-ring (bicyclic) bond motifs is 2. The number of rotatable bonds is 2.